The number of hydrogen-bond donors (Lipinski definition) is 0. The molecule has 6 heteroatoms. The molecule has 0 unspecified atom stereocenters. The minimum atomic E-state index is -0.0770. The molecule has 1 aromatic heterocycles. The fraction of sp³-hybridized carbons (Fsp3) is 0.588. The number of hydrogen-bond acceptors (Lipinski definition) is 5. The molecule has 0 N–H and O–H groups in total. The Morgan fingerprint density at radius 2 is 2.17 bits per heavy atom. The first kappa shape index (κ1) is 16.0. The van der Waals surface area contributed by atoms with Crippen molar-refractivity contribution in [3.63, 3.8) is 0 Å². The first-order valence-corrected chi connectivity index (χ1v) is 8.34. The second-order valence-electron chi connectivity index (χ2n) is 6.66. The molecular weight excluding hydrogens is 289 g/mol. The van der Waals surface area contributed by atoms with Crippen LogP contribution in [0.3, 0.4) is 0 Å². The minimum Gasteiger partial charge on any atom is -0.469 e. The molecule has 0 aliphatic carbocycles. The van der Waals surface area contributed by atoms with Gasteiger partial charge < -0.3 is 4.74 Å². The summed E-state index contributed by atoms with van der Waals surface area (Å²) in [6, 6.07) is 4.25. The van der Waals surface area contributed by atoms with Gasteiger partial charge in [-0.25, -0.2) is 5.26 Å². The van der Waals surface area contributed by atoms with Crippen LogP contribution in [0.2, 0.25) is 12.6 Å². The van der Waals surface area contributed by atoms with Gasteiger partial charge in [0.2, 0.25) is 0 Å². The van der Waals surface area contributed by atoms with E-state index in [9.17, 15) is 4.79 Å². The largest absolute Gasteiger partial charge is 0.469 e. The fourth-order valence-corrected chi connectivity index (χ4v) is 3.49. The van der Waals surface area contributed by atoms with Crippen molar-refractivity contribution in [3.05, 3.63) is 29.6 Å². The van der Waals surface area contributed by atoms with E-state index in [1.54, 1.807) is 0 Å². The van der Waals surface area contributed by atoms with Gasteiger partial charge in [0.15, 0.2) is 0 Å². The van der Waals surface area contributed by atoms with Crippen molar-refractivity contribution < 1.29 is 9.53 Å². The van der Waals surface area contributed by atoms with E-state index in [0.29, 0.717) is 5.92 Å². The van der Waals surface area contributed by atoms with Gasteiger partial charge in [-0.2, -0.15) is 0 Å². The molecule has 0 bridgehead atoms. The summed E-state index contributed by atoms with van der Waals surface area (Å²) in [6.45, 7) is 2.95. The SMILES string of the molecule is COC(=O)C1CCN(Cc2ccc(C3CB(C#N)C3)nc2)CC1. The van der Waals surface area contributed by atoms with Crippen molar-refractivity contribution in [1.29, 1.82) is 5.26 Å². The number of likely N-dealkylation sites (tertiary alicyclic amines) is 1. The molecule has 23 heavy (non-hydrogen) atoms. The maximum atomic E-state index is 11.5. The lowest BCUT2D eigenvalue weighted by molar-refractivity contribution is -0.147. The molecule has 5 nitrogen and oxygen atoms in total. The van der Waals surface area contributed by atoms with Crippen LogP contribution < -0.4 is 0 Å². The van der Waals surface area contributed by atoms with Crippen LogP contribution >= 0.6 is 0 Å². The van der Waals surface area contributed by atoms with Crippen molar-refractivity contribution >= 4 is 12.7 Å². The number of nitrogens with zero attached hydrogens (tertiary/aromatic N) is 3. The second kappa shape index (κ2) is 7.14. The molecule has 3 heterocycles. The zero-order chi connectivity index (χ0) is 16.2. The number of pyridine rings is 1. The van der Waals surface area contributed by atoms with Gasteiger partial charge in [-0.05, 0) is 43.5 Å². The normalized spacial score (nSPS) is 19.9. The van der Waals surface area contributed by atoms with Crippen molar-refractivity contribution in [2.24, 2.45) is 5.92 Å². The summed E-state index contributed by atoms with van der Waals surface area (Å²) in [5, 5.41) is 8.84. The molecule has 120 valence electrons. The highest BCUT2D eigenvalue weighted by Gasteiger charge is 2.34. The summed E-state index contributed by atoms with van der Waals surface area (Å²) in [6.07, 6.45) is 5.60. The molecule has 2 aliphatic heterocycles. The Morgan fingerprint density at radius 1 is 1.43 bits per heavy atom. The van der Waals surface area contributed by atoms with E-state index in [-0.39, 0.29) is 18.6 Å². The Kier molecular flexibility index (Phi) is 4.97. The number of esters is 1. The standard InChI is InChI=1S/C17H22BN3O2/c1-23-17(22)14-4-6-21(7-5-14)11-13-2-3-16(20-10-13)15-8-18(9-15)12-19/h2-3,10,14-15H,4-9,11H2,1H3. The second-order valence-corrected chi connectivity index (χ2v) is 6.66. The van der Waals surface area contributed by atoms with E-state index in [1.807, 2.05) is 6.20 Å². The van der Waals surface area contributed by atoms with Gasteiger partial charge >= 0.3 is 5.97 Å². The number of aromatic nitrogens is 1. The van der Waals surface area contributed by atoms with E-state index in [0.717, 1.165) is 50.8 Å². The summed E-state index contributed by atoms with van der Waals surface area (Å²) in [7, 11) is 1.46. The maximum absolute atomic E-state index is 11.5. The van der Waals surface area contributed by atoms with Crippen LogP contribution in [0.5, 0.6) is 0 Å². The summed E-state index contributed by atoms with van der Waals surface area (Å²) in [5.41, 5.74) is 2.33. The minimum absolute atomic E-state index is 0.0587. The first-order valence-electron chi connectivity index (χ1n) is 8.34. The third-order valence-electron chi connectivity index (χ3n) is 5.11. The lowest BCUT2D eigenvalue weighted by atomic mass is 9.32. The van der Waals surface area contributed by atoms with Gasteiger partial charge in [0.05, 0.1) is 13.0 Å². The van der Waals surface area contributed by atoms with E-state index in [1.165, 1.54) is 12.7 Å². The number of carbonyl (C=O) groups excluding carboxylic acids is 1. The van der Waals surface area contributed by atoms with Gasteiger partial charge in [-0.15, -0.1) is 0 Å². The smallest absolute Gasteiger partial charge is 0.308 e. The number of methoxy groups -OCH3 is 1. The highest BCUT2D eigenvalue weighted by molar-refractivity contribution is 6.70. The molecule has 3 rings (SSSR count). The topological polar surface area (TPSA) is 66.2 Å². The third-order valence-corrected chi connectivity index (χ3v) is 5.11. The third kappa shape index (κ3) is 3.73. The summed E-state index contributed by atoms with van der Waals surface area (Å²) in [4.78, 5) is 18.5. The lowest BCUT2D eigenvalue weighted by Gasteiger charge is -2.31. The van der Waals surface area contributed by atoms with Crippen molar-refractivity contribution in [1.82, 2.24) is 9.88 Å². The van der Waals surface area contributed by atoms with Crippen molar-refractivity contribution in [2.75, 3.05) is 20.2 Å². The van der Waals surface area contributed by atoms with Gasteiger partial charge in [0.25, 0.3) is 6.71 Å². The first-order chi connectivity index (χ1) is 11.2. The Labute approximate surface area is 137 Å². The summed E-state index contributed by atoms with van der Waals surface area (Å²) < 4.78 is 4.82. The summed E-state index contributed by atoms with van der Waals surface area (Å²) >= 11 is 0. The fourth-order valence-electron chi connectivity index (χ4n) is 3.49. The number of nitriles is 1. The molecule has 2 aliphatic rings. The average Bonchev–Trinajstić information content (AvgIpc) is 2.55. The molecule has 0 aromatic carbocycles. The van der Waals surface area contributed by atoms with E-state index < -0.39 is 0 Å². The van der Waals surface area contributed by atoms with Gasteiger partial charge in [-0.3, -0.25) is 14.7 Å². The number of piperidine rings is 1. The van der Waals surface area contributed by atoms with Gasteiger partial charge in [0, 0.05) is 24.4 Å². The van der Waals surface area contributed by atoms with E-state index in [4.69, 9.17) is 10.00 Å². The number of ether oxygens (including phenoxy) is 1. The molecular formula is C17H22BN3O2. The molecule has 0 spiro atoms. The van der Waals surface area contributed by atoms with Gasteiger partial charge in [0.1, 0.15) is 0 Å². The van der Waals surface area contributed by atoms with Crippen molar-refractivity contribution in [2.45, 2.75) is 37.9 Å². The van der Waals surface area contributed by atoms with Crippen LogP contribution in [0.15, 0.2) is 18.3 Å². The Hall–Kier alpha value is -1.87. The summed E-state index contributed by atoms with van der Waals surface area (Å²) in [5.74, 6) is 2.76. The Morgan fingerprint density at radius 3 is 2.74 bits per heavy atom. The van der Waals surface area contributed by atoms with Crippen LogP contribution in [-0.4, -0.2) is 42.8 Å². The predicted molar refractivity (Wildman–Crippen MR) is 88.0 cm³/mol. The molecule has 0 atom stereocenters. The molecule has 2 saturated heterocycles. The highest BCUT2D eigenvalue weighted by atomic mass is 16.5. The quantitative estimate of drug-likeness (QED) is 0.629. The molecule has 2 fully saturated rings. The van der Waals surface area contributed by atoms with E-state index >= 15 is 0 Å². The monoisotopic (exact) mass is 311 g/mol. The Bertz CT molecular complexity index is 585. The lowest BCUT2D eigenvalue weighted by Crippen LogP contribution is -2.36. The van der Waals surface area contributed by atoms with Crippen LogP contribution in [0.1, 0.15) is 30.0 Å². The van der Waals surface area contributed by atoms with E-state index in [2.05, 4.69) is 28.0 Å². The zero-order valence-electron chi connectivity index (χ0n) is 13.6. The predicted octanol–water partition coefficient (Wildman–Crippen LogP) is 2.12. The molecule has 0 radical (unpaired) electrons. The van der Waals surface area contributed by atoms with Crippen LogP contribution in [0, 0.1) is 17.1 Å². The molecule has 1 aromatic rings. The highest BCUT2D eigenvalue weighted by Crippen LogP contribution is 2.36. The Balaban J connectivity index is 1.48. The molecule has 0 saturated carbocycles. The van der Waals surface area contributed by atoms with Crippen LogP contribution in [-0.2, 0) is 16.1 Å². The maximum Gasteiger partial charge on any atom is 0.308 e. The molecule has 0 amide bonds. The van der Waals surface area contributed by atoms with Crippen LogP contribution in [0.4, 0.5) is 0 Å². The average molecular weight is 311 g/mol. The van der Waals surface area contributed by atoms with Crippen molar-refractivity contribution in [3.8, 4) is 5.97 Å². The number of rotatable bonds is 4. The zero-order valence-corrected chi connectivity index (χ0v) is 13.6. The van der Waals surface area contributed by atoms with Gasteiger partial charge in [-0.1, -0.05) is 18.7 Å². The van der Waals surface area contributed by atoms with Crippen LogP contribution in [0.25, 0.3) is 0 Å². The number of carbonyl (C=O) groups is 1.